The van der Waals surface area contributed by atoms with Gasteiger partial charge in [0.1, 0.15) is 0 Å². The van der Waals surface area contributed by atoms with Crippen molar-refractivity contribution in [1.29, 1.82) is 0 Å². The highest BCUT2D eigenvalue weighted by Crippen LogP contribution is 2.20. The SMILES string of the molecule is Cc1c(C(=O)O)ccn1-c1ccccc1C(=O)O. The molecule has 1 aromatic heterocycles. The van der Waals surface area contributed by atoms with Gasteiger partial charge in [-0.1, -0.05) is 12.1 Å². The first-order valence-electron chi connectivity index (χ1n) is 5.26. The Labute approximate surface area is 103 Å². The molecule has 5 nitrogen and oxygen atoms in total. The average Bonchev–Trinajstić information content (AvgIpc) is 2.71. The van der Waals surface area contributed by atoms with E-state index in [9.17, 15) is 9.59 Å². The molecule has 1 aromatic carbocycles. The predicted molar refractivity (Wildman–Crippen MR) is 64.4 cm³/mol. The molecular formula is C13H11NO4. The molecule has 0 spiro atoms. The average molecular weight is 245 g/mol. The second-order valence-electron chi connectivity index (χ2n) is 3.81. The maximum atomic E-state index is 11.1. The van der Waals surface area contributed by atoms with Crippen LogP contribution >= 0.6 is 0 Å². The fraction of sp³-hybridized carbons (Fsp3) is 0.0769. The van der Waals surface area contributed by atoms with Crippen LogP contribution in [0.2, 0.25) is 0 Å². The number of benzene rings is 1. The van der Waals surface area contributed by atoms with E-state index in [0.29, 0.717) is 11.4 Å². The first-order valence-corrected chi connectivity index (χ1v) is 5.26. The van der Waals surface area contributed by atoms with Gasteiger partial charge in [0.2, 0.25) is 0 Å². The Hall–Kier alpha value is -2.56. The van der Waals surface area contributed by atoms with E-state index in [2.05, 4.69) is 0 Å². The van der Waals surface area contributed by atoms with Crippen LogP contribution in [-0.2, 0) is 0 Å². The van der Waals surface area contributed by atoms with E-state index >= 15 is 0 Å². The number of hydrogen-bond acceptors (Lipinski definition) is 2. The minimum absolute atomic E-state index is 0.133. The molecule has 0 aliphatic rings. The van der Waals surface area contributed by atoms with Crippen LogP contribution in [0.3, 0.4) is 0 Å². The third-order valence-corrected chi connectivity index (χ3v) is 2.77. The van der Waals surface area contributed by atoms with Crippen LogP contribution in [0.1, 0.15) is 26.4 Å². The monoisotopic (exact) mass is 245 g/mol. The molecule has 0 aliphatic heterocycles. The highest BCUT2D eigenvalue weighted by molar-refractivity contribution is 5.93. The number of nitrogens with zero attached hydrogens (tertiary/aromatic N) is 1. The standard InChI is InChI=1S/C13H11NO4/c1-8-9(12(15)16)6-7-14(8)11-5-3-2-4-10(11)13(17)18/h2-7H,1H3,(H,15,16)(H,17,18). The molecule has 2 N–H and O–H groups in total. The van der Waals surface area contributed by atoms with Crippen molar-refractivity contribution in [3.63, 3.8) is 0 Å². The molecule has 5 heteroatoms. The molecule has 92 valence electrons. The van der Waals surface area contributed by atoms with E-state index in [4.69, 9.17) is 10.2 Å². The van der Waals surface area contributed by atoms with Crippen LogP contribution in [0, 0.1) is 6.92 Å². The van der Waals surface area contributed by atoms with Gasteiger partial charge >= 0.3 is 11.9 Å². The molecule has 0 saturated carbocycles. The molecule has 0 bridgehead atoms. The van der Waals surface area contributed by atoms with Crippen molar-refractivity contribution in [2.45, 2.75) is 6.92 Å². The lowest BCUT2D eigenvalue weighted by Gasteiger charge is -2.09. The van der Waals surface area contributed by atoms with Gasteiger partial charge in [0.15, 0.2) is 0 Å². The first kappa shape index (κ1) is 11.9. The summed E-state index contributed by atoms with van der Waals surface area (Å²) in [6.45, 7) is 1.64. The van der Waals surface area contributed by atoms with Gasteiger partial charge in [-0.25, -0.2) is 9.59 Å². The second-order valence-corrected chi connectivity index (χ2v) is 3.81. The van der Waals surface area contributed by atoms with Gasteiger partial charge in [0, 0.05) is 11.9 Å². The van der Waals surface area contributed by atoms with Crippen LogP contribution in [0.5, 0.6) is 0 Å². The van der Waals surface area contributed by atoms with Gasteiger partial charge in [-0.3, -0.25) is 0 Å². The summed E-state index contributed by atoms with van der Waals surface area (Å²) in [6.07, 6.45) is 1.56. The summed E-state index contributed by atoms with van der Waals surface area (Å²) in [6, 6.07) is 7.92. The summed E-state index contributed by atoms with van der Waals surface area (Å²) < 4.78 is 1.56. The summed E-state index contributed by atoms with van der Waals surface area (Å²) in [4.78, 5) is 22.1. The molecule has 0 unspecified atom stereocenters. The Morgan fingerprint density at radius 3 is 2.17 bits per heavy atom. The Kier molecular flexibility index (Phi) is 2.89. The number of rotatable bonds is 3. The Morgan fingerprint density at radius 1 is 1.00 bits per heavy atom. The second kappa shape index (κ2) is 4.37. The van der Waals surface area contributed by atoms with Crippen LogP contribution < -0.4 is 0 Å². The van der Waals surface area contributed by atoms with E-state index in [-0.39, 0.29) is 11.1 Å². The van der Waals surface area contributed by atoms with Gasteiger partial charge < -0.3 is 14.8 Å². The fourth-order valence-electron chi connectivity index (χ4n) is 1.86. The molecule has 2 rings (SSSR count). The highest BCUT2D eigenvalue weighted by atomic mass is 16.4. The maximum absolute atomic E-state index is 11.1. The third kappa shape index (κ3) is 1.86. The molecule has 0 atom stereocenters. The van der Waals surface area contributed by atoms with Crippen LogP contribution in [-0.4, -0.2) is 26.7 Å². The molecule has 1 heterocycles. The summed E-state index contributed by atoms with van der Waals surface area (Å²) in [5, 5.41) is 18.1. The Balaban J connectivity index is 2.63. The number of carboxylic acid groups (broad SMARTS) is 2. The number of carbonyl (C=O) groups is 2. The third-order valence-electron chi connectivity index (χ3n) is 2.77. The minimum Gasteiger partial charge on any atom is -0.478 e. The van der Waals surface area contributed by atoms with Crippen molar-refractivity contribution in [3.05, 3.63) is 53.3 Å². The van der Waals surface area contributed by atoms with Crippen molar-refractivity contribution in [1.82, 2.24) is 4.57 Å². The predicted octanol–water partition coefficient (Wildman–Crippen LogP) is 2.18. The molecule has 0 saturated heterocycles. The van der Waals surface area contributed by atoms with Crippen molar-refractivity contribution in [2.75, 3.05) is 0 Å². The molecule has 2 aromatic rings. The zero-order valence-corrected chi connectivity index (χ0v) is 9.62. The number of aromatic carboxylic acids is 2. The number of aromatic nitrogens is 1. The van der Waals surface area contributed by atoms with Crippen molar-refractivity contribution in [3.8, 4) is 5.69 Å². The topological polar surface area (TPSA) is 79.5 Å². The number of para-hydroxylation sites is 1. The minimum atomic E-state index is -1.05. The molecular weight excluding hydrogens is 234 g/mol. The largest absolute Gasteiger partial charge is 0.478 e. The van der Waals surface area contributed by atoms with Gasteiger partial charge in [0.05, 0.1) is 16.8 Å². The van der Waals surface area contributed by atoms with Crippen LogP contribution in [0.15, 0.2) is 36.5 Å². The summed E-state index contributed by atoms with van der Waals surface area (Å²) >= 11 is 0. The smallest absolute Gasteiger partial charge is 0.337 e. The van der Waals surface area contributed by atoms with E-state index < -0.39 is 11.9 Å². The summed E-state index contributed by atoms with van der Waals surface area (Å²) in [5.74, 6) is -2.07. The lowest BCUT2D eigenvalue weighted by molar-refractivity contribution is 0.0686. The van der Waals surface area contributed by atoms with Crippen molar-refractivity contribution >= 4 is 11.9 Å². The van der Waals surface area contributed by atoms with Crippen molar-refractivity contribution < 1.29 is 19.8 Å². The quantitative estimate of drug-likeness (QED) is 0.868. The van der Waals surface area contributed by atoms with E-state index in [1.165, 1.54) is 12.1 Å². The molecule has 0 amide bonds. The normalized spacial score (nSPS) is 10.3. The summed E-state index contributed by atoms with van der Waals surface area (Å²) in [7, 11) is 0. The highest BCUT2D eigenvalue weighted by Gasteiger charge is 2.16. The zero-order chi connectivity index (χ0) is 13.3. The van der Waals surface area contributed by atoms with Gasteiger partial charge in [-0.15, -0.1) is 0 Å². The van der Waals surface area contributed by atoms with E-state index in [1.54, 1.807) is 35.9 Å². The van der Waals surface area contributed by atoms with E-state index in [0.717, 1.165) is 0 Å². The van der Waals surface area contributed by atoms with Gasteiger partial charge in [-0.05, 0) is 25.1 Å². The lowest BCUT2D eigenvalue weighted by Crippen LogP contribution is -2.07. The zero-order valence-electron chi connectivity index (χ0n) is 9.62. The van der Waals surface area contributed by atoms with Gasteiger partial charge in [0.25, 0.3) is 0 Å². The van der Waals surface area contributed by atoms with Gasteiger partial charge in [-0.2, -0.15) is 0 Å². The fourth-order valence-corrected chi connectivity index (χ4v) is 1.86. The Morgan fingerprint density at radius 2 is 1.61 bits per heavy atom. The van der Waals surface area contributed by atoms with Crippen molar-refractivity contribution in [2.24, 2.45) is 0 Å². The maximum Gasteiger partial charge on any atom is 0.337 e. The van der Waals surface area contributed by atoms with E-state index in [1.807, 2.05) is 0 Å². The van der Waals surface area contributed by atoms with Crippen LogP contribution in [0.4, 0.5) is 0 Å². The van der Waals surface area contributed by atoms with Crippen LogP contribution in [0.25, 0.3) is 5.69 Å². The number of hydrogen-bond donors (Lipinski definition) is 2. The first-order chi connectivity index (χ1) is 8.52. The molecule has 0 fully saturated rings. The summed E-state index contributed by atoms with van der Waals surface area (Å²) in [5.41, 5.74) is 1.24. The lowest BCUT2D eigenvalue weighted by atomic mass is 10.1. The Bertz CT molecular complexity index is 628. The molecule has 0 aliphatic carbocycles. The number of carboxylic acids is 2. The molecule has 18 heavy (non-hydrogen) atoms. The molecule has 0 radical (unpaired) electrons.